The van der Waals surface area contributed by atoms with Crippen molar-refractivity contribution >= 4 is 163 Å². The van der Waals surface area contributed by atoms with Crippen LogP contribution in [-0.2, 0) is 0 Å². The van der Waals surface area contributed by atoms with Gasteiger partial charge in [0, 0.05) is 33.5 Å². The van der Waals surface area contributed by atoms with Crippen LogP contribution in [0.5, 0.6) is 0 Å². The molecule has 0 fully saturated rings. The molecule has 0 aliphatic heterocycles. The number of fused-ring (bicyclic) bond motifs is 20. The third-order valence-corrected chi connectivity index (χ3v) is 30.0. The first kappa shape index (κ1) is 86.0. The summed E-state index contributed by atoms with van der Waals surface area (Å²) in [6.45, 7) is 0. The number of hydrogen-bond donors (Lipinski definition) is 0. The van der Waals surface area contributed by atoms with Gasteiger partial charge in [0.15, 0.2) is 0 Å². The van der Waals surface area contributed by atoms with Gasteiger partial charge in [-0.1, -0.05) is 497 Å². The monoisotopic (exact) mass is 1850 g/mol. The van der Waals surface area contributed by atoms with E-state index in [1.165, 1.54) is 241 Å². The molecule has 0 aliphatic rings. The van der Waals surface area contributed by atoms with Gasteiger partial charge >= 0.3 is 0 Å². The van der Waals surface area contributed by atoms with Crippen molar-refractivity contribution in [3.63, 3.8) is 0 Å². The molecular weight excluding hydrogens is 1760 g/mol. The minimum Gasteiger partial charge on any atom is -0.310 e. The second-order valence-corrected chi connectivity index (χ2v) is 38.2. The van der Waals surface area contributed by atoms with Crippen molar-refractivity contribution in [2.75, 3.05) is 9.80 Å². The fraction of sp³-hybridized carbons (Fsp3) is 0. The van der Waals surface area contributed by atoms with Crippen molar-refractivity contribution in [3.8, 4) is 111 Å². The van der Waals surface area contributed by atoms with Crippen molar-refractivity contribution in [2.24, 2.45) is 0 Å². The van der Waals surface area contributed by atoms with Crippen molar-refractivity contribution in [2.45, 2.75) is 0 Å². The highest BCUT2D eigenvalue weighted by atomic mass is 15.2. The van der Waals surface area contributed by atoms with Crippen LogP contribution in [0.3, 0.4) is 0 Å². The van der Waals surface area contributed by atoms with E-state index < -0.39 is 0 Å². The predicted molar refractivity (Wildman–Crippen MR) is 627 cm³/mol. The molecule has 0 bridgehead atoms. The standard InChI is InChI=1S/C74H47N.C70H47N/c1-3-20-49(21-4-1)68-47-67(51-40-38-50(39-41-51)57-37-19-27-48-22-7-10-28-56(48)57)72(52-23-5-2-6-24-52)74-66-43-42-55(46-69(66)62-33-15-18-36-65(62)73(68)74)75(70-44-53-25-8-11-29-58(53)60-31-13-16-34-63(60)70)71-45-54-26-9-12-30-59(54)61-32-14-17-35-64(61)71;1-5-18-48(19-6-1)50-36-40-57(41-37-50)71(58-42-38-51(39-43-58)49-20-7-2-8-21-49)59-44-45-64-67(46-59)62-29-15-16-30-63(62)69-66(53-22-9-3-10-23-53)47-65(68(70(64)69)56-25-11-4-12-26-56)55-34-32-54(33-35-55)61-31-17-27-52-24-13-14-28-60(52)61/h1-47H;1-47H. The van der Waals surface area contributed by atoms with Gasteiger partial charge in [-0.15, -0.1) is 0 Å². The van der Waals surface area contributed by atoms with Crippen LogP contribution in [0.25, 0.3) is 241 Å². The van der Waals surface area contributed by atoms with Crippen LogP contribution in [0.4, 0.5) is 34.1 Å². The molecule has 2 nitrogen and oxygen atoms in total. The third-order valence-electron chi connectivity index (χ3n) is 30.0. The lowest BCUT2D eigenvalue weighted by atomic mass is 9.81. The molecule has 28 aromatic carbocycles. The Bertz CT molecular complexity index is 9710. The van der Waals surface area contributed by atoms with E-state index in [1.807, 2.05) is 0 Å². The lowest BCUT2D eigenvalue weighted by Crippen LogP contribution is -2.11. The lowest BCUT2D eigenvalue weighted by molar-refractivity contribution is 1.29. The Morgan fingerprint density at radius 2 is 0.342 bits per heavy atom. The summed E-state index contributed by atoms with van der Waals surface area (Å²) in [5, 5.41) is 29.5. The van der Waals surface area contributed by atoms with Crippen molar-refractivity contribution < 1.29 is 0 Å². The molecule has 0 saturated heterocycles. The van der Waals surface area contributed by atoms with Crippen LogP contribution in [0.2, 0.25) is 0 Å². The molecule has 146 heavy (non-hydrogen) atoms. The summed E-state index contributed by atoms with van der Waals surface area (Å²) in [6.07, 6.45) is 0. The molecule has 680 valence electrons. The zero-order valence-corrected chi connectivity index (χ0v) is 80.2. The Kier molecular flexibility index (Phi) is 21.7. The molecule has 0 amide bonds. The Labute approximate surface area is 848 Å². The Morgan fingerprint density at radius 1 is 0.103 bits per heavy atom. The molecule has 0 aromatic heterocycles. The molecule has 0 heterocycles. The Morgan fingerprint density at radius 3 is 0.705 bits per heavy atom. The van der Waals surface area contributed by atoms with Crippen LogP contribution in [0.15, 0.2) is 570 Å². The molecule has 0 unspecified atom stereocenters. The zero-order valence-electron chi connectivity index (χ0n) is 80.2. The quantitative estimate of drug-likeness (QED) is 0.0890. The van der Waals surface area contributed by atoms with E-state index in [2.05, 4.69) is 580 Å². The SMILES string of the molecule is c1ccc(-c2cc(-c3ccc(-c4cccc5ccccc45)cc3)c(-c3ccccc3)c3c4ccc(N(c5cc6ccccc6c6ccccc56)c5cc6ccccc6c6ccccc56)cc4c4ccccc4c23)cc1.c1ccc(-c2ccc(N(c3ccc(-c4ccccc4)cc3)c3ccc4c(c3)c3ccccc3c3c(-c5ccccc5)cc(-c5ccc(-c6cccc7ccccc67)cc5)c(-c5ccccc5)c43)cc2)cc1. The molecule has 0 N–H and O–H groups in total. The van der Waals surface area contributed by atoms with E-state index in [9.17, 15) is 0 Å². The summed E-state index contributed by atoms with van der Waals surface area (Å²) in [7, 11) is 0. The molecule has 0 aliphatic carbocycles. The second kappa shape index (κ2) is 36.8. The van der Waals surface area contributed by atoms with Gasteiger partial charge in [0.1, 0.15) is 0 Å². The fourth-order valence-corrected chi connectivity index (χ4v) is 23.3. The van der Waals surface area contributed by atoms with E-state index in [-0.39, 0.29) is 0 Å². The molecular formula is C144H94N2. The highest BCUT2D eigenvalue weighted by Crippen LogP contribution is 2.56. The lowest BCUT2D eigenvalue weighted by Gasteiger charge is -2.30. The van der Waals surface area contributed by atoms with E-state index in [1.54, 1.807) is 0 Å². The topological polar surface area (TPSA) is 6.48 Å². The molecule has 0 spiro atoms. The van der Waals surface area contributed by atoms with Gasteiger partial charge in [0.25, 0.3) is 0 Å². The maximum atomic E-state index is 2.55. The van der Waals surface area contributed by atoms with E-state index >= 15 is 0 Å². The maximum absolute atomic E-state index is 2.55. The van der Waals surface area contributed by atoms with Gasteiger partial charge < -0.3 is 9.80 Å². The van der Waals surface area contributed by atoms with E-state index in [4.69, 9.17) is 0 Å². The molecule has 0 radical (unpaired) electrons. The summed E-state index contributed by atoms with van der Waals surface area (Å²) in [5.41, 5.74) is 30.7. The van der Waals surface area contributed by atoms with Gasteiger partial charge in [-0.05, 0) is 303 Å². The molecule has 0 atom stereocenters. The first-order chi connectivity index (χ1) is 72.5. The van der Waals surface area contributed by atoms with E-state index in [0.29, 0.717) is 0 Å². The zero-order chi connectivity index (χ0) is 96.5. The summed E-state index contributed by atoms with van der Waals surface area (Å²) >= 11 is 0. The highest BCUT2D eigenvalue weighted by Gasteiger charge is 2.29. The third kappa shape index (κ3) is 15.2. The van der Waals surface area contributed by atoms with Gasteiger partial charge in [0.05, 0.1) is 11.4 Å². The van der Waals surface area contributed by atoms with Gasteiger partial charge in [0.2, 0.25) is 0 Å². The average Bonchev–Trinajstić information content (AvgIpc) is 0.708. The van der Waals surface area contributed by atoms with Crippen molar-refractivity contribution in [3.05, 3.63) is 570 Å². The van der Waals surface area contributed by atoms with Crippen LogP contribution >= 0.6 is 0 Å². The highest BCUT2D eigenvalue weighted by molar-refractivity contribution is 6.36. The number of hydrogen-bond acceptors (Lipinski definition) is 2. The summed E-state index contributed by atoms with van der Waals surface area (Å²) in [5.74, 6) is 0. The second-order valence-electron chi connectivity index (χ2n) is 38.2. The van der Waals surface area contributed by atoms with Gasteiger partial charge in [-0.2, -0.15) is 0 Å². The van der Waals surface area contributed by atoms with Gasteiger partial charge in [-0.25, -0.2) is 0 Å². The average molecular weight is 1850 g/mol. The minimum atomic E-state index is 1.09. The molecule has 28 rings (SSSR count). The van der Waals surface area contributed by atoms with Gasteiger partial charge in [-0.3, -0.25) is 0 Å². The normalized spacial score (nSPS) is 11.6. The summed E-state index contributed by atoms with van der Waals surface area (Å²) in [6, 6.07) is 210. The van der Waals surface area contributed by atoms with Crippen LogP contribution in [0.1, 0.15) is 0 Å². The number of benzene rings is 28. The smallest absolute Gasteiger partial charge is 0.0546 e. The number of rotatable bonds is 16. The van der Waals surface area contributed by atoms with Crippen molar-refractivity contribution in [1.82, 2.24) is 0 Å². The fourth-order valence-electron chi connectivity index (χ4n) is 23.3. The number of anilines is 6. The van der Waals surface area contributed by atoms with Crippen LogP contribution < -0.4 is 9.80 Å². The van der Waals surface area contributed by atoms with E-state index in [0.717, 1.165) is 34.1 Å². The maximum Gasteiger partial charge on any atom is 0.0546 e. The first-order valence-electron chi connectivity index (χ1n) is 50.5. The molecule has 2 heteroatoms. The first-order valence-corrected chi connectivity index (χ1v) is 50.5. The Hall–Kier alpha value is -19.1. The van der Waals surface area contributed by atoms with Crippen LogP contribution in [-0.4, -0.2) is 0 Å². The molecule has 0 saturated carbocycles. The van der Waals surface area contributed by atoms with Crippen LogP contribution in [0, 0.1) is 0 Å². The largest absolute Gasteiger partial charge is 0.310 e. The minimum absolute atomic E-state index is 1.09. The predicted octanol–water partition coefficient (Wildman–Crippen LogP) is 40.8. The Balaban J connectivity index is 0.000000145. The molecule has 28 aromatic rings. The summed E-state index contributed by atoms with van der Waals surface area (Å²) < 4.78 is 0. The summed E-state index contributed by atoms with van der Waals surface area (Å²) in [4.78, 5) is 4.95. The number of nitrogens with zero attached hydrogens (tertiary/aromatic N) is 2. The van der Waals surface area contributed by atoms with Crippen molar-refractivity contribution in [1.29, 1.82) is 0 Å².